The first-order valence-electron chi connectivity index (χ1n) is 16.3. The molecule has 24 heteroatoms. The fourth-order valence-corrected chi connectivity index (χ4v) is 7.42. The van der Waals surface area contributed by atoms with E-state index >= 15 is 0 Å². The second-order valence-electron chi connectivity index (χ2n) is 13.4. The summed E-state index contributed by atoms with van der Waals surface area (Å²) < 4.78 is 16.0. The van der Waals surface area contributed by atoms with Crippen LogP contribution in [0.4, 0.5) is 14.7 Å². The van der Waals surface area contributed by atoms with Crippen molar-refractivity contribution in [1.29, 1.82) is 0 Å². The van der Waals surface area contributed by atoms with Gasteiger partial charge < -0.3 is 41.1 Å². The Balaban J connectivity index is 1.33. The summed E-state index contributed by atoms with van der Waals surface area (Å²) in [4.78, 5) is 73.3. The van der Waals surface area contributed by atoms with Gasteiger partial charge >= 0.3 is 18.2 Å². The Hall–Kier alpha value is -4.71. The van der Waals surface area contributed by atoms with E-state index in [1.165, 1.54) is 28.2 Å². The summed E-state index contributed by atoms with van der Waals surface area (Å²) in [5.74, 6) is -2.44. The smallest absolute Gasteiger partial charge is 0.407 e. The number of carbonyl (C=O) groups is 5. The molecule has 53 heavy (non-hydrogen) atoms. The third kappa shape index (κ3) is 11.9. The zero-order valence-electron chi connectivity index (χ0n) is 29.9. The largest absolute Gasteiger partial charge is 0.477 e. The lowest BCUT2D eigenvalue weighted by molar-refractivity contribution is -0.150. The molecule has 290 valence electrons. The number of hydrogen-bond acceptors (Lipinski definition) is 18. The van der Waals surface area contributed by atoms with Gasteiger partial charge in [0.15, 0.2) is 5.13 Å². The Morgan fingerprint density at radius 3 is 2.32 bits per heavy atom. The third-order valence-corrected chi connectivity index (χ3v) is 9.66. The number of β-lactam (4-membered cyclic amide) rings is 1. The van der Waals surface area contributed by atoms with Gasteiger partial charge in [0.1, 0.15) is 34.9 Å². The number of ether oxygens (including phenoxy) is 2. The van der Waals surface area contributed by atoms with E-state index < -0.39 is 52.6 Å². The number of oxime groups is 1. The predicted molar refractivity (Wildman–Crippen MR) is 193 cm³/mol. The average Bonchev–Trinajstić information content (AvgIpc) is 3.70. The quantitative estimate of drug-likeness (QED) is 0.0524. The van der Waals surface area contributed by atoms with E-state index in [9.17, 15) is 29.1 Å². The van der Waals surface area contributed by atoms with Gasteiger partial charge in [0.25, 0.3) is 11.8 Å². The van der Waals surface area contributed by atoms with Crippen molar-refractivity contribution in [3.8, 4) is 0 Å². The Morgan fingerprint density at radius 1 is 1.06 bits per heavy atom. The summed E-state index contributed by atoms with van der Waals surface area (Å²) in [6, 6.07) is -1.07. The lowest BCUT2D eigenvalue weighted by atomic mass is 10.0. The number of amides is 4. The van der Waals surface area contributed by atoms with Gasteiger partial charge in [-0.05, 0) is 64.0 Å². The molecule has 0 radical (unpaired) electrons. The minimum Gasteiger partial charge on any atom is -0.477 e. The molecule has 2 aromatic heterocycles. The number of alkyl carbamates (subject to hydrolysis) is 2. The third-order valence-electron chi connectivity index (χ3n) is 6.73. The van der Waals surface area contributed by atoms with Gasteiger partial charge in [-0.3, -0.25) is 14.5 Å². The van der Waals surface area contributed by atoms with E-state index in [4.69, 9.17) is 20.0 Å². The molecule has 0 aromatic carbocycles. The molecule has 0 spiro atoms. The molecule has 0 aliphatic carbocycles. The number of fused-ring (bicyclic) bond motifs is 1. The number of nitrogens with one attached hydrogen (secondary N) is 3. The summed E-state index contributed by atoms with van der Waals surface area (Å²) in [6.45, 7) is 11.5. The number of nitrogens with two attached hydrogens (primary N) is 1. The predicted octanol–water partition coefficient (Wildman–Crippen LogP) is 1.19. The van der Waals surface area contributed by atoms with Gasteiger partial charge in [-0.2, -0.15) is 9.36 Å². The van der Waals surface area contributed by atoms with Crippen LogP contribution in [0.15, 0.2) is 21.6 Å². The van der Waals surface area contributed by atoms with Gasteiger partial charge in [0, 0.05) is 49.1 Å². The Labute approximate surface area is 316 Å². The van der Waals surface area contributed by atoms with Crippen LogP contribution in [0.25, 0.3) is 0 Å². The summed E-state index contributed by atoms with van der Waals surface area (Å²) >= 11 is 3.32. The van der Waals surface area contributed by atoms with Gasteiger partial charge in [0.05, 0.1) is 0 Å². The van der Waals surface area contributed by atoms with Crippen LogP contribution in [-0.4, -0.2) is 129 Å². The molecule has 1 saturated heterocycles. The van der Waals surface area contributed by atoms with Crippen LogP contribution in [0.2, 0.25) is 0 Å². The highest BCUT2D eigenvalue weighted by Crippen LogP contribution is 2.41. The van der Waals surface area contributed by atoms with Crippen molar-refractivity contribution in [2.75, 3.05) is 36.9 Å². The molecule has 6 N–H and O–H groups in total. The van der Waals surface area contributed by atoms with Crippen molar-refractivity contribution in [2.45, 2.75) is 88.7 Å². The highest BCUT2D eigenvalue weighted by Gasteiger charge is 2.54. The molecular formula is C29H42N12O9S3. The highest BCUT2D eigenvalue weighted by atomic mass is 32.2. The molecule has 4 heterocycles. The Morgan fingerprint density at radius 2 is 1.72 bits per heavy atom. The number of hydrogen-bond donors (Lipinski definition) is 5. The normalized spacial score (nSPS) is 17.4. The van der Waals surface area contributed by atoms with E-state index in [0.29, 0.717) is 36.7 Å². The molecule has 1 unspecified atom stereocenters. The Bertz CT molecular complexity index is 1730. The molecule has 0 saturated carbocycles. The fourth-order valence-electron chi connectivity index (χ4n) is 4.60. The highest BCUT2D eigenvalue weighted by molar-refractivity contribution is 8.01. The van der Waals surface area contributed by atoms with Gasteiger partial charge in [-0.25, -0.2) is 19.1 Å². The van der Waals surface area contributed by atoms with E-state index in [0.717, 1.165) is 16.4 Å². The van der Waals surface area contributed by atoms with Crippen LogP contribution in [0.3, 0.4) is 0 Å². The minimum absolute atomic E-state index is 0.00600. The number of thioether (sulfide) groups is 2. The standard InChI is InChI=1S/C29H42N12O9S3/c1-28(2,3)49-26(46)31-9-7-11-40-25(35-38-39-40)52-14-15-13-51-22-17(21(43)41(22)18(15)23(44)45)33-20(42)16(19-34-24(30)53-37-19)36-48-12-8-10-32-27(47)50-29(4,5)6/h17,22H,7-14H2,1-6H3,(H,31,46)(H,32,47)(H,33,42)(H,44,45)(H2,30,34,37)/t17?,22-/m1/s1. The number of carboxylic acids is 1. The van der Waals surface area contributed by atoms with Gasteiger partial charge in [0.2, 0.25) is 16.7 Å². The molecule has 2 atom stereocenters. The molecule has 4 rings (SSSR count). The lowest BCUT2D eigenvalue weighted by Crippen LogP contribution is -2.71. The van der Waals surface area contributed by atoms with E-state index in [1.807, 2.05) is 0 Å². The monoisotopic (exact) mass is 798 g/mol. The molecule has 2 aromatic rings. The molecule has 2 aliphatic rings. The number of carbonyl (C=O) groups excluding carboxylic acids is 4. The molecule has 4 amide bonds. The van der Waals surface area contributed by atoms with Crippen LogP contribution >= 0.6 is 35.1 Å². The summed E-state index contributed by atoms with van der Waals surface area (Å²) in [5, 5.41) is 33.4. The number of aromatic nitrogens is 6. The topological polar surface area (TPSA) is 280 Å². The number of rotatable bonds is 16. The fraction of sp³-hybridized carbons (Fsp3) is 0.621. The SMILES string of the molecule is CC(C)(C)OC(=O)NCCCON=C(C(=O)NC1C(=O)N2C(C(=O)O)=C(CSc3nnnn3CCCNC(=O)OC(C)(C)C)CS[C@H]12)c1nsc(N)n1. The maximum Gasteiger partial charge on any atom is 0.407 e. The lowest BCUT2D eigenvalue weighted by Gasteiger charge is -2.49. The number of aliphatic carboxylic acids is 1. The zero-order valence-corrected chi connectivity index (χ0v) is 32.4. The summed E-state index contributed by atoms with van der Waals surface area (Å²) in [5.41, 5.74) is 4.41. The van der Waals surface area contributed by atoms with Gasteiger partial charge in [-0.15, -0.1) is 16.9 Å². The number of nitrogen functional groups attached to an aromatic ring is 1. The molecule has 0 bridgehead atoms. The first kappa shape index (κ1) is 41.1. The van der Waals surface area contributed by atoms with Crippen molar-refractivity contribution >= 4 is 75.9 Å². The van der Waals surface area contributed by atoms with E-state index in [-0.39, 0.29) is 47.0 Å². The number of carboxylic acid groups (broad SMARTS) is 1. The van der Waals surface area contributed by atoms with E-state index in [1.54, 1.807) is 41.5 Å². The summed E-state index contributed by atoms with van der Waals surface area (Å²) in [7, 11) is 0. The second kappa shape index (κ2) is 17.9. The molecular weight excluding hydrogens is 757 g/mol. The maximum atomic E-state index is 13.4. The van der Waals surface area contributed by atoms with Crippen molar-refractivity contribution in [3.63, 3.8) is 0 Å². The van der Waals surface area contributed by atoms with Crippen LogP contribution in [-0.2, 0) is 35.2 Å². The van der Waals surface area contributed by atoms with E-state index in [2.05, 4.69) is 46.0 Å². The molecule has 21 nitrogen and oxygen atoms in total. The number of nitrogens with zero attached hydrogens (tertiary/aromatic N) is 8. The van der Waals surface area contributed by atoms with Crippen LogP contribution in [0.5, 0.6) is 0 Å². The Kier molecular flexibility index (Phi) is 13.8. The van der Waals surface area contributed by atoms with Crippen molar-refractivity contribution in [1.82, 2.24) is 50.4 Å². The van der Waals surface area contributed by atoms with Gasteiger partial charge in [-0.1, -0.05) is 16.9 Å². The van der Waals surface area contributed by atoms with Crippen LogP contribution in [0, 0.1) is 0 Å². The van der Waals surface area contributed by atoms with Crippen LogP contribution < -0.4 is 21.7 Å². The van der Waals surface area contributed by atoms with Crippen molar-refractivity contribution in [3.05, 3.63) is 17.1 Å². The van der Waals surface area contributed by atoms with Crippen molar-refractivity contribution < 1.29 is 43.4 Å². The molecule has 2 aliphatic heterocycles. The second-order valence-corrected chi connectivity index (χ2v) is 16.2. The zero-order chi connectivity index (χ0) is 38.9. The first-order chi connectivity index (χ1) is 24.9. The maximum absolute atomic E-state index is 13.4. The first-order valence-corrected chi connectivity index (χ1v) is 19.1. The molecule has 1 fully saturated rings. The summed E-state index contributed by atoms with van der Waals surface area (Å²) in [6.07, 6.45) is -0.290. The minimum atomic E-state index is -1.30. The van der Waals surface area contributed by atoms with Crippen molar-refractivity contribution in [2.24, 2.45) is 5.16 Å². The number of aryl methyl sites for hydroxylation is 1. The average molecular weight is 799 g/mol. The van der Waals surface area contributed by atoms with Crippen LogP contribution in [0.1, 0.15) is 60.2 Å². The number of anilines is 1. The number of tetrazole rings is 1.